The van der Waals surface area contributed by atoms with Gasteiger partial charge in [-0.2, -0.15) is 0 Å². The first kappa shape index (κ1) is 19.2. The van der Waals surface area contributed by atoms with E-state index in [0.717, 1.165) is 14.2 Å². The number of nitrogens with zero attached hydrogens (tertiary/aromatic N) is 3. The Morgan fingerprint density at radius 1 is 1.35 bits per heavy atom. The zero-order valence-corrected chi connectivity index (χ0v) is 14.8. The van der Waals surface area contributed by atoms with Crippen LogP contribution in [-0.2, 0) is 22.9 Å². The van der Waals surface area contributed by atoms with E-state index < -0.39 is 38.6 Å². The monoisotopic (exact) mass is 393 g/mol. The predicted octanol–water partition coefficient (Wildman–Crippen LogP) is -1.35. The van der Waals surface area contributed by atoms with Crippen molar-refractivity contribution in [3.05, 3.63) is 12.0 Å². The number of phosphoric ester groups is 1. The third kappa shape index (κ3) is 3.35. The lowest BCUT2D eigenvalue weighted by Crippen LogP contribution is -2.34. The van der Waals surface area contributed by atoms with Crippen LogP contribution in [0.15, 0.2) is 11.3 Å². The molecule has 5 unspecified atom stereocenters. The Morgan fingerprint density at radius 3 is 2.69 bits per heavy atom. The molecule has 5 atom stereocenters. The van der Waals surface area contributed by atoms with E-state index in [2.05, 4.69) is 24.3 Å². The maximum absolute atomic E-state index is 11.9. The van der Waals surface area contributed by atoms with Gasteiger partial charge in [-0.3, -0.25) is 18.1 Å². The van der Waals surface area contributed by atoms with Gasteiger partial charge in [-0.15, -0.1) is 0 Å². The zero-order valence-electron chi connectivity index (χ0n) is 13.9. The Kier molecular flexibility index (Phi) is 5.33. The fourth-order valence-corrected chi connectivity index (χ4v) is 3.36. The average molecular weight is 393 g/mol. The van der Waals surface area contributed by atoms with Gasteiger partial charge in [-0.1, -0.05) is 0 Å². The second kappa shape index (κ2) is 7.21. The van der Waals surface area contributed by atoms with Crippen LogP contribution in [0, 0.1) is 0 Å². The highest BCUT2D eigenvalue weighted by molar-refractivity contribution is 7.48. The summed E-state index contributed by atoms with van der Waals surface area (Å²) >= 11 is 0. The number of aromatic nitrogens is 2. The number of fused-ring (bicyclic) bond motifs is 1. The number of nitrogens with one attached hydrogen (secondary N) is 1. The molecule has 13 nitrogen and oxygen atoms in total. The van der Waals surface area contributed by atoms with Gasteiger partial charge >= 0.3 is 7.82 Å². The minimum Gasteiger partial charge on any atom is -0.387 e. The number of rotatable bonds is 6. The number of hydrogen-bond acceptors (Lipinski definition) is 12. The Bertz CT molecular complexity index is 733. The molecule has 0 saturated carbocycles. The number of aliphatic hydroxyl groups excluding tert-OH is 3. The molecule has 14 heteroatoms. The molecule has 0 aromatic carbocycles. The highest BCUT2D eigenvalue weighted by Crippen LogP contribution is 2.48. The first-order valence-corrected chi connectivity index (χ1v) is 8.98. The SMILES string of the molecule is COP(=O)(OC)OCC1OC(n2cnc3c2NC(N)=NC3O)C(O)C1O. The van der Waals surface area contributed by atoms with E-state index in [1.54, 1.807) is 0 Å². The molecule has 2 aliphatic heterocycles. The Morgan fingerprint density at radius 2 is 2.04 bits per heavy atom. The highest BCUT2D eigenvalue weighted by atomic mass is 31.2. The molecule has 1 fully saturated rings. The minimum atomic E-state index is -3.76. The van der Waals surface area contributed by atoms with Crippen LogP contribution in [0.3, 0.4) is 0 Å². The molecule has 3 rings (SSSR count). The van der Waals surface area contributed by atoms with Crippen LogP contribution in [-0.4, -0.2) is 70.0 Å². The quantitative estimate of drug-likeness (QED) is 0.360. The molecule has 2 aliphatic rings. The first-order valence-electron chi connectivity index (χ1n) is 7.52. The van der Waals surface area contributed by atoms with Crippen molar-refractivity contribution in [3.8, 4) is 0 Å². The third-order valence-electron chi connectivity index (χ3n) is 4.03. The van der Waals surface area contributed by atoms with Crippen LogP contribution >= 0.6 is 7.82 Å². The number of ether oxygens (including phenoxy) is 1. The van der Waals surface area contributed by atoms with Crippen molar-refractivity contribution in [2.75, 3.05) is 26.1 Å². The van der Waals surface area contributed by atoms with Crippen molar-refractivity contribution < 1.29 is 38.2 Å². The van der Waals surface area contributed by atoms with Gasteiger partial charge in [-0.05, 0) is 0 Å². The topological polar surface area (TPSA) is 183 Å². The third-order valence-corrected chi connectivity index (χ3v) is 5.39. The highest BCUT2D eigenvalue weighted by Gasteiger charge is 2.46. The van der Waals surface area contributed by atoms with E-state index in [-0.39, 0.29) is 24.1 Å². The fraction of sp³-hybridized carbons (Fsp3) is 0.667. The van der Waals surface area contributed by atoms with Crippen molar-refractivity contribution in [1.82, 2.24) is 9.55 Å². The van der Waals surface area contributed by atoms with Crippen molar-refractivity contribution in [3.63, 3.8) is 0 Å². The Hall–Kier alpha value is -1.57. The molecule has 0 aliphatic carbocycles. The standard InChI is InChI=1S/C12H20N5O8P/c1-22-26(21,23-2)24-3-5-7(18)8(19)11(25-5)17-4-14-6-9(17)15-12(13)16-10(6)20/h4-5,7-8,10-11,18-20H,3H2,1-2H3,(H3,13,15,16). The van der Waals surface area contributed by atoms with Crippen molar-refractivity contribution >= 4 is 19.6 Å². The predicted molar refractivity (Wildman–Crippen MR) is 85.9 cm³/mol. The smallest absolute Gasteiger partial charge is 0.387 e. The maximum atomic E-state index is 11.9. The molecule has 1 saturated heterocycles. The summed E-state index contributed by atoms with van der Waals surface area (Å²) in [6.07, 6.45) is -4.75. The fourth-order valence-electron chi connectivity index (χ4n) is 2.67. The molecular weight excluding hydrogens is 373 g/mol. The van der Waals surface area contributed by atoms with Crippen LogP contribution in [0.2, 0.25) is 0 Å². The molecule has 1 aromatic rings. The number of imidazole rings is 1. The first-order chi connectivity index (χ1) is 12.3. The Labute approximate surface area is 148 Å². The summed E-state index contributed by atoms with van der Waals surface area (Å²) in [4.78, 5) is 7.73. The van der Waals surface area contributed by atoms with Gasteiger partial charge in [0.05, 0.1) is 12.9 Å². The summed E-state index contributed by atoms with van der Waals surface area (Å²) in [5, 5.41) is 33.1. The zero-order chi connectivity index (χ0) is 19.1. The second-order valence-corrected chi connectivity index (χ2v) is 7.44. The number of hydrogen-bond donors (Lipinski definition) is 5. The number of phosphoric acid groups is 1. The summed E-state index contributed by atoms with van der Waals surface area (Å²) in [5.41, 5.74) is 5.78. The maximum Gasteiger partial charge on any atom is 0.474 e. The molecule has 0 radical (unpaired) electrons. The van der Waals surface area contributed by atoms with Crippen LogP contribution in [0.1, 0.15) is 18.1 Å². The van der Waals surface area contributed by atoms with Crippen LogP contribution in [0.5, 0.6) is 0 Å². The van der Waals surface area contributed by atoms with Crippen molar-refractivity contribution in [2.24, 2.45) is 10.7 Å². The van der Waals surface area contributed by atoms with E-state index >= 15 is 0 Å². The molecule has 0 amide bonds. The average Bonchev–Trinajstić information content (AvgIpc) is 3.15. The van der Waals surface area contributed by atoms with Crippen molar-refractivity contribution in [1.29, 1.82) is 0 Å². The summed E-state index contributed by atoms with van der Waals surface area (Å²) < 4.78 is 33.2. The van der Waals surface area contributed by atoms with Gasteiger partial charge < -0.3 is 31.1 Å². The number of anilines is 1. The van der Waals surface area contributed by atoms with Gasteiger partial charge in [-0.25, -0.2) is 14.5 Å². The molecule has 146 valence electrons. The number of nitrogens with two attached hydrogens (primary N) is 1. The Balaban J connectivity index is 1.76. The number of aliphatic hydroxyl groups is 3. The van der Waals surface area contributed by atoms with Gasteiger partial charge in [0.15, 0.2) is 18.4 Å². The van der Waals surface area contributed by atoms with Gasteiger partial charge in [0.2, 0.25) is 0 Å². The second-order valence-electron chi connectivity index (χ2n) is 5.55. The summed E-state index contributed by atoms with van der Waals surface area (Å²) in [6.45, 7) is -0.357. The van der Waals surface area contributed by atoms with Gasteiger partial charge in [0, 0.05) is 14.2 Å². The lowest BCUT2D eigenvalue weighted by atomic mass is 10.1. The largest absolute Gasteiger partial charge is 0.474 e. The van der Waals surface area contributed by atoms with Crippen LogP contribution in [0.25, 0.3) is 0 Å². The van der Waals surface area contributed by atoms with E-state index in [4.69, 9.17) is 15.0 Å². The normalized spacial score (nSPS) is 31.4. The van der Waals surface area contributed by atoms with Crippen LogP contribution in [0.4, 0.5) is 5.82 Å². The lowest BCUT2D eigenvalue weighted by molar-refractivity contribution is -0.0522. The molecule has 3 heterocycles. The molecule has 0 bridgehead atoms. The van der Waals surface area contributed by atoms with E-state index in [9.17, 15) is 19.9 Å². The molecule has 6 N–H and O–H groups in total. The molecule has 1 aromatic heterocycles. The lowest BCUT2D eigenvalue weighted by Gasteiger charge is -2.22. The molecule has 26 heavy (non-hydrogen) atoms. The van der Waals surface area contributed by atoms with E-state index in [1.165, 1.54) is 10.9 Å². The number of guanidine groups is 1. The molecular formula is C12H20N5O8P. The van der Waals surface area contributed by atoms with E-state index in [1.807, 2.05) is 0 Å². The van der Waals surface area contributed by atoms with Crippen molar-refractivity contribution in [2.45, 2.75) is 30.8 Å². The summed E-state index contributed by atoms with van der Waals surface area (Å²) in [6, 6.07) is 0. The van der Waals surface area contributed by atoms with E-state index in [0.29, 0.717) is 0 Å². The summed E-state index contributed by atoms with van der Waals surface area (Å²) in [7, 11) is -1.47. The van der Waals surface area contributed by atoms with Gasteiger partial charge in [0.25, 0.3) is 0 Å². The van der Waals surface area contributed by atoms with Gasteiger partial charge in [0.1, 0.15) is 29.8 Å². The summed E-state index contributed by atoms with van der Waals surface area (Å²) in [5.74, 6) is 0.225. The minimum absolute atomic E-state index is 0.0409. The molecule has 0 spiro atoms. The number of aliphatic imine (C=N–C) groups is 1. The van der Waals surface area contributed by atoms with Crippen LogP contribution < -0.4 is 11.1 Å².